The Morgan fingerprint density at radius 3 is 2.50 bits per heavy atom. The topological polar surface area (TPSA) is 29.5 Å². The van der Waals surface area contributed by atoms with Crippen molar-refractivity contribution in [3.05, 3.63) is 29.6 Å². The molecule has 20 heavy (non-hydrogen) atoms. The summed E-state index contributed by atoms with van der Waals surface area (Å²) in [4.78, 5) is 14.1. The van der Waals surface area contributed by atoms with Crippen LogP contribution in [-0.2, 0) is 4.79 Å². The van der Waals surface area contributed by atoms with Gasteiger partial charge in [0.25, 0.3) is 0 Å². The second-order valence-electron chi connectivity index (χ2n) is 5.00. The van der Waals surface area contributed by atoms with Crippen molar-refractivity contribution in [3.63, 3.8) is 0 Å². The van der Waals surface area contributed by atoms with E-state index in [1.807, 2.05) is 0 Å². The first-order valence-electron chi connectivity index (χ1n) is 6.90. The lowest BCUT2D eigenvalue weighted by molar-refractivity contribution is -0.130. The third-order valence-electron chi connectivity index (χ3n) is 3.60. The Labute approximate surface area is 123 Å². The first-order valence-corrected chi connectivity index (χ1v) is 7.33. The molecule has 1 aliphatic heterocycles. The fourth-order valence-electron chi connectivity index (χ4n) is 2.43. The number of ether oxygens (including phenoxy) is 1. The third-order valence-corrected chi connectivity index (χ3v) is 4.04. The summed E-state index contributed by atoms with van der Waals surface area (Å²) in [6.07, 6.45) is 4.31. The van der Waals surface area contributed by atoms with E-state index in [4.69, 9.17) is 16.3 Å². The molecule has 0 N–H and O–H groups in total. The fourth-order valence-corrected chi connectivity index (χ4v) is 2.71. The van der Waals surface area contributed by atoms with E-state index in [0.29, 0.717) is 5.56 Å². The molecule has 1 unspecified atom stereocenters. The van der Waals surface area contributed by atoms with Crippen molar-refractivity contribution in [2.24, 2.45) is 0 Å². The van der Waals surface area contributed by atoms with E-state index < -0.39 is 11.2 Å². The number of halogens is 2. The lowest BCUT2D eigenvalue weighted by Crippen LogP contribution is -2.34. The number of nitrogens with zero attached hydrogens (tertiary/aromatic N) is 1. The molecule has 1 heterocycles. The number of rotatable bonds is 3. The number of likely N-dealkylation sites (tertiary alicyclic amines) is 1. The lowest BCUT2D eigenvalue weighted by atomic mass is 10.1. The van der Waals surface area contributed by atoms with Crippen molar-refractivity contribution in [3.8, 4) is 5.75 Å². The van der Waals surface area contributed by atoms with Crippen LogP contribution in [0, 0.1) is 5.82 Å². The summed E-state index contributed by atoms with van der Waals surface area (Å²) in [5.41, 5.74) is 0.471. The molecule has 1 saturated heterocycles. The number of carbonyl (C=O) groups excluding carboxylic acids is 1. The van der Waals surface area contributed by atoms with Crippen molar-refractivity contribution < 1.29 is 13.9 Å². The summed E-state index contributed by atoms with van der Waals surface area (Å²) in [5.74, 6) is -0.489. The molecular formula is C15H19ClFNO2. The SMILES string of the molecule is COc1ccc(C(Cl)C(=O)N2CCCCCC2)cc1F. The van der Waals surface area contributed by atoms with Gasteiger partial charge in [0.2, 0.25) is 5.91 Å². The number of alkyl halides is 1. The number of hydrogen-bond acceptors (Lipinski definition) is 2. The number of amides is 1. The van der Waals surface area contributed by atoms with Gasteiger partial charge in [-0.05, 0) is 30.5 Å². The van der Waals surface area contributed by atoms with E-state index >= 15 is 0 Å². The first-order chi connectivity index (χ1) is 9.63. The minimum absolute atomic E-state index is 0.141. The molecule has 5 heteroatoms. The summed E-state index contributed by atoms with van der Waals surface area (Å²) in [7, 11) is 1.40. The van der Waals surface area contributed by atoms with Gasteiger partial charge in [0.15, 0.2) is 11.6 Å². The highest BCUT2D eigenvalue weighted by Gasteiger charge is 2.25. The Hall–Kier alpha value is -1.29. The summed E-state index contributed by atoms with van der Waals surface area (Å²) in [6.45, 7) is 1.47. The fraction of sp³-hybridized carbons (Fsp3) is 0.533. The molecule has 0 aromatic heterocycles. The van der Waals surface area contributed by atoms with E-state index in [-0.39, 0.29) is 11.7 Å². The maximum absolute atomic E-state index is 13.7. The van der Waals surface area contributed by atoms with E-state index in [1.165, 1.54) is 19.2 Å². The van der Waals surface area contributed by atoms with Crippen molar-refractivity contribution in [1.82, 2.24) is 4.90 Å². The highest BCUT2D eigenvalue weighted by Crippen LogP contribution is 2.28. The highest BCUT2D eigenvalue weighted by molar-refractivity contribution is 6.30. The summed E-state index contributed by atoms with van der Waals surface area (Å²) in [5, 5.41) is -0.839. The van der Waals surface area contributed by atoms with Gasteiger partial charge >= 0.3 is 0 Å². The molecule has 1 amide bonds. The minimum Gasteiger partial charge on any atom is -0.494 e. The molecular weight excluding hydrogens is 281 g/mol. The molecule has 0 bridgehead atoms. The zero-order valence-electron chi connectivity index (χ0n) is 11.6. The Bertz CT molecular complexity index is 473. The maximum Gasteiger partial charge on any atom is 0.245 e. The van der Waals surface area contributed by atoms with Gasteiger partial charge in [-0.25, -0.2) is 4.39 Å². The van der Waals surface area contributed by atoms with Crippen LogP contribution in [0.1, 0.15) is 36.6 Å². The number of benzene rings is 1. The molecule has 3 nitrogen and oxygen atoms in total. The molecule has 1 aromatic rings. The molecule has 1 atom stereocenters. The molecule has 0 saturated carbocycles. The van der Waals surface area contributed by atoms with Crippen LogP contribution in [0.2, 0.25) is 0 Å². The van der Waals surface area contributed by atoms with Crippen LogP contribution in [-0.4, -0.2) is 31.0 Å². The molecule has 1 fully saturated rings. The molecule has 0 spiro atoms. The molecule has 1 aromatic carbocycles. The predicted octanol–water partition coefficient (Wildman–Crippen LogP) is 3.52. The van der Waals surface area contributed by atoms with Crippen molar-refractivity contribution in [2.45, 2.75) is 31.1 Å². The van der Waals surface area contributed by atoms with E-state index in [1.54, 1.807) is 11.0 Å². The molecule has 0 radical (unpaired) electrons. The average molecular weight is 300 g/mol. The van der Waals surface area contributed by atoms with E-state index in [9.17, 15) is 9.18 Å². The van der Waals surface area contributed by atoms with Crippen LogP contribution in [0.25, 0.3) is 0 Å². The lowest BCUT2D eigenvalue weighted by Gasteiger charge is -2.23. The largest absolute Gasteiger partial charge is 0.494 e. The highest BCUT2D eigenvalue weighted by atomic mass is 35.5. The van der Waals surface area contributed by atoms with Gasteiger partial charge in [0.1, 0.15) is 5.38 Å². The smallest absolute Gasteiger partial charge is 0.245 e. The van der Waals surface area contributed by atoms with E-state index in [0.717, 1.165) is 38.8 Å². The van der Waals surface area contributed by atoms with Gasteiger partial charge in [-0.1, -0.05) is 18.9 Å². The van der Waals surface area contributed by atoms with Gasteiger partial charge in [-0.2, -0.15) is 0 Å². The van der Waals surface area contributed by atoms with Gasteiger partial charge in [0.05, 0.1) is 7.11 Å². The number of carbonyl (C=O) groups is 1. The van der Waals surface area contributed by atoms with Crippen LogP contribution in [0.15, 0.2) is 18.2 Å². The maximum atomic E-state index is 13.7. The Morgan fingerprint density at radius 1 is 1.30 bits per heavy atom. The van der Waals surface area contributed by atoms with Gasteiger partial charge in [-0.15, -0.1) is 11.6 Å². The van der Waals surface area contributed by atoms with Crippen LogP contribution in [0.3, 0.4) is 0 Å². The standard InChI is InChI=1S/C15H19ClFNO2/c1-20-13-7-6-11(10-12(13)17)14(16)15(19)18-8-4-2-3-5-9-18/h6-7,10,14H,2-5,8-9H2,1H3. The number of methoxy groups -OCH3 is 1. The number of hydrogen-bond donors (Lipinski definition) is 0. The quantitative estimate of drug-likeness (QED) is 0.799. The van der Waals surface area contributed by atoms with Crippen molar-refractivity contribution >= 4 is 17.5 Å². The third kappa shape index (κ3) is 3.42. The van der Waals surface area contributed by atoms with Crippen molar-refractivity contribution in [2.75, 3.05) is 20.2 Å². The predicted molar refractivity (Wildman–Crippen MR) is 76.6 cm³/mol. The normalized spacial score (nSPS) is 17.4. The summed E-state index contributed by atoms with van der Waals surface area (Å²) < 4.78 is 18.5. The Balaban J connectivity index is 2.11. The zero-order chi connectivity index (χ0) is 14.5. The van der Waals surface area contributed by atoms with Gasteiger partial charge in [0, 0.05) is 13.1 Å². The monoisotopic (exact) mass is 299 g/mol. The van der Waals surface area contributed by atoms with Crippen LogP contribution < -0.4 is 4.74 Å². The molecule has 0 aliphatic carbocycles. The minimum atomic E-state index is -0.839. The van der Waals surface area contributed by atoms with Gasteiger partial charge in [-0.3, -0.25) is 4.79 Å². The van der Waals surface area contributed by atoms with Crippen LogP contribution in [0.5, 0.6) is 5.75 Å². The van der Waals surface area contributed by atoms with E-state index in [2.05, 4.69) is 0 Å². The molecule has 1 aliphatic rings. The Kier molecular flexibility index (Phi) is 5.24. The molecule has 2 rings (SSSR count). The average Bonchev–Trinajstić information content (AvgIpc) is 2.74. The van der Waals surface area contributed by atoms with Crippen LogP contribution in [0.4, 0.5) is 4.39 Å². The summed E-state index contributed by atoms with van der Waals surface area (Å²) in [6, 6.07) is 4.40. The first kappa shape index (κ1) is 15.1. The van der Waals surface area contributed by atoms with Crippen molar-refractivity contribution in [1.29, 1.82) is 0 Å². The van der Waals surface area contributed by atoms with Gasteiger partial charge < -0.3 is 9.64 Å². The molecule has 110 valence electrons. The Morgan fingerprint density at radius 2 is 1.95 bits per heavy atom. The summed E-state index contributed by atoms with van der Waals surface area (Å²) >= 11 is 6.21. The van der Waals surface area contributed by atoms with Crippen LogP contribution >= 0.6 is 11.6 Å². The second kappa shape index (κ2) is 6.93. The second-order valence-corrected chi connectivity index (χ2v) is 5.43. The zero-order valence-corrected chi connectivity index (χ0v) is 12.3.